The molecule has 0 radical (unpaired) electrons. The van der Waals surface area contributed by atoms with Crippen molar-refractivity contribution in [2.75, 3.05) is 12.4 Å². The molecule has 0 saturated carbocycles. The van der Waals surface area contributed by atoms with Gasteiger partial charge in [-0.15, -0.1) is 0 Å². The number of amides is 1. The molecule has 2 aromatic rings. The molecule has 1 heterocycles. The van der Waals surface area contributed by atoms with Gasteiger partial charge in [0.25, 0.3) is 0 Å². The number of fused-ring (bicyclic) bond motifs is 1. The maximum atomic E-state index is 13.2. The minimum atomic E-state index is -4.65. The molecule has 0 fully saturated rings. The molecule has 29 heavy (non-hydrogen) atoms. The van der Waals surface area contributed by atoms with Crippen LogP contribution in [0.4, 0.5) is 32.0 Å². The first-order valence-electron chi connectivity index (χ1n) is 8.71. The number of methoxy groups -OCH3 is 1. The Morgan fingerprint density at radius 3 is 2.45 bits per heavy atom. The summed E-state index contributed by atoms with van der Waals surface area (Å²) in [6.07, 6.45) is -7.46. The van der Waals surface area contributed by atoms with Crippen LogP contribution >= 0.6 is 0 Å². The largest absolute Gasteiger partial charge is 0.495 e. The minimum absolute atomic E-state index is 0.00942. The van der Waals surface area contributed by atoms with Crippen molar-refractivity contribution >= 4 is 11.6 Å². The van der Waals surface area contributed by atoms with Gasteiger partial charge in [-0.2, -0.15) is 31.4 Å². The molecule has 0 saturated heterocycles. The molecule has 0 spiro atoms. The Hall–Kier alpha value is -2.72. The van der Waals surface area contributed by atoms with Gasteiger partial charge in [-0.05, 0) is 43.9 Å². The Balaban J connectivity index is 1.86. The van der Waals surface area contributed by atoms with Gasteiger partial charge in [-0.25, -0.2) is 0 Å². The second-order valence-electron chi connectivity index (χ2n) is 6.60. The molecule has 0 bridgehead atoms. The minimum Gasteiger partial charge on any atom is -0.495 e. The van der Waals surface area contributed by atoms with Crippen LogP contribution in [0.3, 0.4) is 0 Å². The van der Waals surface area contributed by atoms with E-state index in [1.165, 1.54) is 7.11 Å². The number of hydrogen-bond acceptors (Lipinski definition) is 3. The first-order chi connectivity index (χ1) is 13.5. The third-order valence-corrected chi connectivity index (χ3v) is 4.62. The lowest BCUT2D eigenvalue weighted by atomic mass is 9.95. The summed E-state index contributed by atoms with van der Waals surface area (Å²) in [5.41, 5.74) is -1.84. The average Bonchev–Trinajstić information content (AvgIpc) is 3.00. The molecule has 11 heteroatoms. The standard InChI is InChI=1S/C18H17F6N3O2/c1-29-14-7-6-10(17(19,20)21)8-12(14)25-15(28)9-27-13-5-3-2-4-11(13)16(26-27)18(22,23)24/h6-8H,2-5,9H2,1H3,(H,25,28). The Bertz CT molecular complexity index is 918. The second kappa shape index (κ2) is 7.60. The highest BCUT2D eigenvalue weighted by Crippen LogP contribution is 2.37. The summed E-state index contributed by atoms with van der Waals surface area (Å²) in [6, 6.07) is 2.56. The summed E-state index contributed by atoms with van der Waals surface area (Å²) in [5, 5.41) is 5.83. The fourth-order valence-corrected chi connectivity index (χ4v) is 3.34. The topological polar surface area (TPSA) is 56.1 Å². The molecule has 158 valence electrons. The van der Waals surface area contributed by atoms with Crippen molar-refractivity contribution in [1.82, 2.24) is 9.78 Å². The fourth-order valence-electron chi connectivity index (χ4n) is 3.34. The molecule has 3 rings (SSSR count). The van der Waals surface area contributed by atoms with Crippen LogP contribution in [0, 0.1) is 0 Å². The second-order valence-corrected chi connectivity index (χ2v) is 6.60. The summed E-state index contributed by atoms with van der Waals surface area (Å²) in [6.45, 7) is -0.558. The molecular formula is C18H17F6N3O2. The number of benzene rings is 1. The van der Waals surface area contributed by atoms with Crippen LogP contribution in [-0.4, -0.2) is 22.8 Å². The number of hydrogen-bond donors (Lipinski definition) is 1. The van der Waals surface area contributed by atoms with Gasteiger partial charge in [0.1, 0.15) is 12.3 Å². The molecule has 0 aliphatic heterocycles. The fraction of sp³-hybridized carbons (Fsp3) is 0.444. The number of nitrogens with one attached hydrogen (secondary N) is 1. The molecule has 1 amide bonds. The lowest BCUT2D eigenvalue weighted by Crippen LogP contribution is -2.22. The molecule has 0 unspecified atom stereocenters. The predicted octanol–water partition coefficient (Wildman–Crippen LogP) is 4.45. The summed E-state index contributed by atoms with van der Waals surface area (Å²) < 4.78 is 84.4. The van der Waals surface area contributed by atoms with Crippen molar-refractivity contribution in [1.29, 1.82) is 0 Å². The number of aromatic nitrogens is 2. The van der Waals surface area contributed by atoms with Gasteiger partial charge in [-0.1, -0.05) is 0 Å². The molecule has 1 N–H and O–H groups in total. The van der Waals surface area contributed by atoms with Crippen LogP contribution in [0.5, 0.6) is 5.75 Å². The van der Waals surface area contributed by atoms with Crippen molar-refractivity contribution in [3.8, 4) is 5.75 Å². The monoisotopic (exact) mass is 421 g/mol. The first-order valence-corrected chi connectivity index (χ1v) is 8.71. The summed E-state index contributed by atoms with van der Waals surface area (Å²) in [4.78, 5) is 12.4. The SMILES string of the molecule is COc1ccc(C(F)(F)F)cc1NC(=O)Cn1nc(C(F)(F)F)c2c1CCCC2. The van der Waals surface area contributed by atoms with E-state index in [-0.39, 0.29) is 23.4 Å². The molecule has 0 atom stereocenters. The van der Waals surface area contributed by atoms with Crippen LogP contribution in [0.15, 0.2) is 18.2 Å². The normalized spacial score (nSPS) is 14.4. The van der Waals surface area contributed by atoms with Crippen molar-refractivity contribution < 1.29 is 35.9 Å². The van der Waals surface area contributed by atoms with Gasteiger partial charge < -0.3 is 10.1 Å². The number of nitrogens with zero attached hydrogens (tertiary/aromatic N) is 2. The van der Waals surface area contributed by atoms with Gasteiger partial charge in [0, 0.05) is 11.3 Å². The van der Waals surface area contributed by atoms with Gasteiger partial charge in [0.2, 0.25) is 5.91 Å². The Kier molecular flexibility index (Phi) is 5.50. The van der Waals surface area contributed by atoms with Gasteiger partial charge in [0.15, 0.2) is 5.69 Å². The van der Waals surface area contributed by atoms with E-state index < -0.39 is 36.1 Å². The summed E-state index contributed by atoms with van der Waals surface area (Å²) >= 11 is 0. The van der Waals surface area contributed by atoms with E-state index in [0.717, 1.165) is 16.8 Å². The average molecular weight is 421 g/mol. The van der Waals surface area contributed by atoms with Crippen LogP contribution in [-0.2, 0) is 36.5 Å². The van der Waals surface area contributed by atoms with Crippen LogP contribution in [0.25, 0.3) is 0 Å². The van der Waals surface area contributed by atoms with Crippen molar-refractivity contribution in [3.05, 3.63) is 40.7 Å². The number of halogens is 6. The van der Waals surface area contributed by atoms with E-state index in [1.807, 2.05) is 0 Å². The highest BCUT2D eigenvalue weighted by Gasteiger charge is 2.39. The quantitative estimate of drug-likeness (QED) is 0.743. The van der Waals surface area contributed by atoms with Crippen LogP contribution in [0.1, 0.15) is 35.4 Å². The first kappa shape index (κ1) is 21.0. The van der Waals surface area contributed by atoms with Crippen LogP contribution in [0.2, 0.25) is 0 Å². The summed E-state index contributed by atoms with van der Waals surface area (Å²) in [5.74, 6) is -0.822. The highest BCUT2D eigenvalue weighted by atomic mass is 19.4. The zero-order valence-corrected chi connectivity index (χ0v) is 15.2. The van der Waals surface area contributed by atoms with Crippen molar-refractivity contribution in [2.45, 2.75) is 44.6 Å². The molecule has 1 aliphatic rings. The number of carbonyl (C=O) groups is 1. The lowest BCUT2D eigenvalue weighted by Gasteiger charge is -2.16. The number of anilines is 1. The van der Waals surface area contributed by atoms with Gasteiger partial charge in [-0.3, -0.25) is 9.48 Å². The molecule has 5 nitrogen and oxygen atoms in total. The van der Waals surface area contributed by atoms with E-state index in [2.05, 4.69) is 10.4 Å². The zero-order chi connectivity index (χ0) is 21.4. The smallest absolute Gasteiger partial charge is 0.435 e. The van der Waals surface area contributed by atoms with E-state index in [1.54, 1.807) is 0 Å². The van der Waals surface area contributed by atoms with Crippen molar-refractivity contribution in [2.24, 2.45) is 0 Å². The van der Waals surface area contributed by atoms with Crippen molar-refractivity contribution in [3.63, 3.8) is 0 Å². The molecule has 1 aliphatic carbocycles. The number of alkyl halides is 6. The Morgan fingerprint density at radius 1 is 1.14 bits per heavy atom. The van der Waals surface area contributed by atoms with Gasteiger partial charge in [0.05, 0.1) is 18.4 Å². The third kappa shape index (κ3) is 4.48. The third-order valence-electron chi connectivity index (χ3n) is 4.62. The maximum Gasteiger partial charge on any atom is 0.435 e. The predicted molar refractivity (Wildman–Crippen MR) is 90.5 cm³/mol. The highest BCUT2D eigenvalue weighted by molar-refractivity contribution is 5.92. The van der Waals surface area contributed by atoms with Crippen LogP contribution < -0.4 is 10.1 Å². The molecule has 1 aromatic carbocycles. The lowest BCUT2D eigenvalue weighted by molar-refractivity contribution is -0.142. The number of rotatable bonds is 4. The van der Waals surface area contributed by atoms with E-state index >= 15 is 0 Å². The molecule has 1 aromatic heterocycles. The molecular weight excluding hydrogens is 404 g/mol. The maximum absolute atomic E-state index is 13.2. The van der Waals surface area contributed by atoms with E-state index in [4.69, 9.17) is 4.74 Å². The Labute approximate surface area is 161 Å². The number of carbonyl (C=O) groups excluding carboxylic acids is 1. The Morgan fingerprint density at radius 2 is 1.83 bits per heavy atom. The zero-order valence-electron chi connectivity index (χ0n) is 15.2. The summed E-state index contributed by atoms with van der Waals surface area (Å²) in [7, 11) is 1.22. The van der Waals surface area contributed by atoms with E-state index in [9.17, 15) is 31.1 Å². The number of ether oxygens (including phenoxy) is 1. The van der Waals surface area contributed by atoms with Gasteiger partial charge >= 0.3 is 12.4 Å². The van der Waals surface area contributed by atoms with E-state index in [0.29, 0.717) is 31.0 Å².